The number of hydrogen-bond acceptors (Lipinski definition) is 5. The number of aliphatic hydroxyl groups excluding tert-OH is 1. The molecule has 0 aliphatic carbocycles. The number of rotatable bonds is 3. The molecule has 1 fully saturated rings. The van der Waals surface area contributed by atoms with E-state index in [9.17, 15) is 4.79 Å². The van der Waals surface area contributed by atoms with Gasteiger partial charge >= 0.3 is 0 Å². The Morgan fingerprint density at radius 2 is 2.53 bits per heavy atom. The Morgan fingerprint density at radius 1 is 1.80 bits per heavy atom. The summed E-state index contributed by atoms with van der Waals surface area (Å²) >= 11 is 0. The van der Waals surface area contributed by atoms with Crippen LogP contribution in [-0.2, 0) is 11.3 Å². The fourth-order valence-corrected chi connectivity index (χ4v) is 1.41. The van der Waals surface area contributed by atoms with Crippen LogP contribution in [0.25, 0.3) is 0 Å². The van der Waals surface area contributed by atoms with E-state index in [2.05, 4.69) is 5.16 Å². The molecule has 0 atom stereocenters. The van der Waals surface area contributed by atoms with Gasteiger partial charge in [0.2, 0.25) is 0 Å². The molecule has 6 nitrogen and oxygen atoms in total. The van der Waals surface area contributed by atoms with E-state index in [1.54, 1.807) is 6.07 Å². The largest absolute Gasteiger partial charge is 0.389 e. The van der Waals surface area contributed by atoms with Gasteiger partial charge in [-0.2, -0.15) is 0 Å². The highest BCUT2D eigenvalue weighted by atomic mass is 16.5. The Morgan fingerprint density at radius 3 is 3.13 bits per heavy atom. The third-order valence-electron chi connectivity index (χ3n) is 2.21. The molecule has 2 heterocycles. The van der Waals surface area contributed by atoms with E-state index in [0.29, 0.717) is 25.5 Å². The number of likely N-dealkylation sites (tertiary alicyclic amines) is 1. The van der Waals surface area contributed by atoms with Gasteiger partial charge in [0.25, 0.3) is 5.91 Å². The van der Waals surface area contributed by atoms with Crippen molar-refractivity contribution in [1.29, 1.82) is 0 Å². The second kappa shape index (κ2) is 4.00. The quantitative estimate of drug-likeness (QED) is 0.740. The normalized spacial score (nSPS) is 16.5. The molecule has 1 amide bonds. The summed E-state index contributed by atoms with van der Waals surface area (Å²) in [6, 6.07) is 1.55. The fourth-order valence-electron chi connectivity index (χ4n) is 1.41. The third kappa shape index (κ3) is 2.00. The monoisotopic (exact) mass is 212 g/mol. The van der Waals surface area contributed by atoms with E-state index in [1.807, 2.05) is 0 Å². The first-order valence-electron chi connectivity index (χ1n) is 4.62. The Bertz CT molecular complexity index is 357. The molecule has 0 bridgehead atoms. The summed E-state index contributed by atoms with van der Waals surface area (Å²) in [7, 11) is 1.54. The molecule has 1 aliphatic rings. The molecule has 15 heavy (non-hydrogen) atoms. The highest BCUT2D eigenvalue weighted by molar-refractivity contribution is 5.92. The molecule has 1 aromatic heterocycles. The van der Waals surface area contributed by atoms with Gasteiger partial charge in [0.15, 0.2) is 11.5 Å². The summed E-state index contributed by atoms with van der Waals surface area (Å²) in [6.07, 6.45) is -0.403. The van der Waals surface area contributed by atoms with Crippen LogP contribution in [-0.4, -0.2) is 47.4 Å². The first-order valence-corrected chi connectivity index (χ1v) is 4.62. The molecule has 1 aromatic rings. The van der Waals surface area contributed by atoms with Gasteiger partial charge in [-0.05, 0) is 0 Å². The van der Waals surface area contributed by atoms with Crippen LogP contribution in [0.2, 0.25) is 0 Å². The van der Waals surface area contributed by atoms with Gasteiger partial charge in [-0.25, -0.2) is 0 Å². The molecule has 82 valence electrons. The van der Waals surface area contributed by atoms with Crippen molar-refractivity contribution in [2.24, 2.45) is 0 Å². The zero-order valence-corrected chi connectivity index (χ0v) is 8.34. The molecule has 6 heteroatoms. The van der Waals surface area contributed by atoms with Gasteiger partial charge in [0.05, 0.1) is 6.10 Å². The summed E-state index contributed by atoms with van der Waals surface area (Å²) in [6.45, 7) is 1.03. The summed E-state index contributed by atoms with van der Waals surface area (Å²) in [5, 5.41) is 12.7. The average Bonchev–Trinajstić information content (AvgIpc) is 2.61. The maximum absolute atomic E-state index is 11.6. The van der Waals surface area contributed by atoms with Crippen molar-refractivity contribution in [3.05, 3.63) is 17.5 Å². The van der Waals surface area contributed by atoms with E-state index in [-0.39, 0.29) is 11.6 Å². The minimum Gasteiger partial charge on any atom is -0.389 e. The number of β-amino-alcohol motifs (C(OH)–C–C–N with tert-alkyl or cyclic N) is 1. The van der Waals surface area contributed by atoms with Crippen LogP contribution < -0.4 is 0 Å². The zero-order chi connectivity index (χ0) is 10.8. The van der Waals surface area contributed by atoms with Gasteiger partial charge in [-0.3, -0.25) is 4.79 Å². The van der Waals surface area contributed by atoms with Crippen molar-refractivity contribution in [2.45, 2.75) is 12.7 Å². The minimum atomic E-state index is -0.403. The number of hydrogen-bond donors (Lipinski definition) is 1. The van der Waals surface area contributed by atoms with Crippen molar-refractivity contribution in [2.75, 3.05) is 20.2 Å². The maximum Gasteiger partial charge on any atom is 0.276 e. The van der Waals surface area contributed by atoms with Crippen molar-refractivity contribution < 1.29 is 19.2 Å². The van der Waals surface area contributed by atoms with Crippen LogP contribution in [0.15, 0.2) is 10.6 Å². The topological polar surface area (TPSA) is 75.8 Å². The lowest BCUT2D eigenvalue weighted by Crippen LogP contribution is -2.53. The molecule has 0 radical (unpaired) electrons. The van der Waals surface area contributed by atoms with Crippen molar-refractivity contribution in [3.63, 3.8) is 0 Å². The number of nitrogens with zero attached hydrogens (tertiary/aromatic N) is 2. The molecule has 2 rings (SSSR count). The molecular formula is C9H12N2O4. The Labute approximate surface area is 86.4 Å². The Hall–Kier alpha value is -1.40. The molecular weight excluding hydrogens is 200 g/mol. The molecule has 1 saturated heterocycles. The highest BCUT2D eigenvalue weighted by Gasteiger charge is 2.31. The lowest BCUT2D eigenvalue weighted by Gasteiger charge is -2.35. The van der Waals surface area contributed by atoms with Crippen LogP contribution in [0.3, 0.4) is 0 Å². The third-order valence-corrected chi connectivity index (χ3v) is 2.21. The number of carbonyl (C=O) groups excluding carboxylic acids is 1. The van der Waals surface area contributed by atoms with Gasteiger partial charge in [0.1, 0.15) is 6.61 Å². The van der Waals surface area contributed by atoms with Crippen molar-refractivity contribution in [1.82, 2.24) is 10.1 Å². The molecule has 1 aliphatic heterocycles. The number of methoxy groups -OCH3 is 1. The zero-order valence-electron chi connectivity index (χ0n) is 8.34. The highest BCUT2D eigenvalue weighted by Crippen LogP contribution is 2.13. The average molecular weight is 212 g/mol. The Balaban J connectivity index is 1.99. The van der Waals surface area contributed by atoms with Crippen LogP contribution in [0.5, 0.6) is 0 Å². The number of carbonyl (C=O) groups is 1. The van der Waals surface area contributed by atoms with Gasteiger partial charge in [0, 0.05) is 26.3 Å². The number of aliphatic hydroxyl groups is 1. The van der Waals surface area contributed by atoms with E-state index in [4.69, 9.17) is 14.4 Å². The summed E-state index contributed by atoms with van der Waals surface area (Å²) in [4.78, 5) is 13.2. The molecule has 1 N–H and O–H groups in total. The predicted molar refractivity (Wildman–Crippen MR) is 49.1 cm³/mol. The lowest BCUT2D eigenvalue weighted by atomic mass is 10.1. The van der Waals surface area contributed by atoms with Crippen LogP contribution >= 0.6 is 0 Å². The van der Waals surface area contributed by atoms with Gasteiger partial charge in [-0.1, -0.05) is 5.16 Å². The number of aromatic nitrogens is 1. The molecule has 0 saturated carbocycles. The molecule has 0 aromatic carbocycles. The fraction of sp³-hybridized carbons (Fsp3) is 0.556. The standard InChI is InChI=1S/C9H12N2O4/c1-14-5-7-2-8(10-15-7)9(13)11-3-6(12)4-11/h2,6,12H,3-5H2,1H3. The lowest BCUT2D eigenvalue weighted by molar-refractivity contribution is 0.00524. The van der Waals surface area contributed by atoms with E-state index in [1.165, 1.54) is 12.0 Å². The second-order valence-corrected chi connectivity index (χ2v) is 3.48. The minimum absolute atomic E-state index is 0.216. The van der Waals surface area contributed by atoms with Crippen LogP contribution in [0, 0.1) is 0 Å². The van der Waals surface area contributed by atoms with E-state index >= 15 is 0 Å². The second-order valence-electron chi connectivity index (χ2n) is 3.48. The molecule has 0 spiro atoms. The van der Waals surface area contributed by atoms with Crippen LogP contribution in [0.1, 0.15) is 16.2 Å². The Kier molecular flexibility index (Phi) is 2.70. The first-order chi connectivity index (χ1) is 7.20. The smallest absolute Gasteiger partial charge is 0.276 e. The van der Waals surface area contributed by atoms with Crippen molar-refractivity contribution >= 4 is 5.91 Å². The number of amides is 1. The number of ether oxygens (including phenoxy) is 1. The summed E-state index contributed by atoms with van der Waals surface area (Å²) < 4.78 is 9.73. The SMILES string of the molecule is COCc1cc(C(=O)N2CC(O)C2)no1. The van der Waals surface area contributed by atoms with E-state index in [0.717, 1.165) is 0 Å². The van der Waals surface area contributed by atoms with Gasteiger partial charge < -0.3 is 19.3 Å². The molecule has 0 unspecified atom stereocenters. The first kappa shape index (κ1) is 10.1. The van der Waals surface area contributed by atoms with E-state index < -0.39 is 6.10 Å². The van der Waals surface area contributed by atoms with Crippen molar-refractivity contribution in [3.8, 4) is 0 Å². The van der Waals surface area contributed by atoms with Crippen LogP contribution in [0.4, 0.5) is 0 Å². The summed E-state index contributed by atoms with van der Waals surface area (Å²) in [5.74, 6) is 0.299. The summed E-state index contributed by atoms with van der Waals surface area (Å²) in [5.41, 5.74) is 0.258. The predicted octanol–water partition coefficient (Wildman–Crippen LogP) is -0.362. The maximum atomic E-state index is 11.6. The van der Waals surface area contributed by atoms with Gasteiger partial charge in [-0.15, -0.1) is 0 Å².